The zero-order valence-electron chi connectivity index (χ0n) is 14.4. The fraction of sp³-hybridized carbons (Fsp3) is 0.867. The van der Waals surface area contributed by atoms with Crippen molar-refractivity contribution in [3.05, 3.63) is 0 Å². The molecule has 7 heteroatoms. The van der Waals surface area contributed by atoms with Crippen molar-refractivity contribution in [1.29, 1.82) is 0 Å². The van der Waals surface area contributed by atoms with Crippen LogP contribution in [0.25, 0.3) is 0 Å². The molecule has 1 saturated heterocycles. The van der Waals surface area contributed by atoms with Gasteiger partial charge in [-0.1, -0.05) is 0 Å². The Kier molecular flexibility index (Phi) is 9.77. The van der Waals surface area contributed by atoms with Crippen LogP contribution in [0, 0.1) is 5.41 Å². The SMILES string of the molecule is CCNC(=NCC(C)(C)C(=O)NC)NCC1(C)CCCS1.I. The summed E-state index contributed by atoms with van der Waals surface area (Å²) in [4.78, 5) is 16.4. The quantitative estimate of drug-likeness (QED) is 0.335. The van der Waals surface area contributed by atoms with E-state index in [1.807, 2.05) is 32.5 Å². The van der Waals surface area contributed by atoms with Crippen molar-refractivity contribution in [3.8, 4) is 0 Å². The first-order valence-corrected chi connectivity index (χ1v) is 8.70. The van der Waals surface area contributed by atoms with E-state index in [4.69, 9.17) is 0 Å². The summed E-state index contributed by atoms with van der Waals surface area (Å²) in [6.07, 6.45) is 2.54. The van der Waals surface area contributed by atoms with Gasteiger partial charge in [-0.2, -0.15) is 11.8 Å². The van der Waals surface area contributed by atoms with Gasteiger partial charge in [0.25, 0.3) is 0 Å². The molecule has 0 aromatic rings. The van der Waals surface area contributed by atoms with Crippen LogP contribution >= 0.6 is 35.7 Å². The number of nitrogens with one attached hydrogen (secondary N) is 3. The molecule has 1 heterocycles. The molecule has 1 aliphatic heterocycles. The molecule has 0 saturated carbocycles. The normalized spacial score (nSPS) is 22.0. The molecule has 0 aromatic carbocycles. The molecule has 1 atom stereocenters. The van der Waals surface area contributed by atoms with Gasteiger partial charge in [0.1, 0.15) is 0 Å². The van der Waals surface area contributed by atoms with Crippen molar-refractivity contribution >= 4 is 47.6 Å². The van der Waals surface area contributed by atoms with Crippen molar-refractivity contribution in [3.63, 3.8) is 0 Å². The van der Waals surface area contributed by atoms with Crippen molar-refractivity contribution in [2.45, 2.75) is 45.3 Å². The predicted molar refractivity (Wildman–Crippen MR) is 107 cm³/mol. The van der Waals surface area contributed by atoms with Crippen LogP contribution in [-0.2, 0) is 4.79 Å². The summed E-state index contributed by atoms with van der Waals surface area (Å²) >= 11 is 2.03. The van der Waals surface area contributed by atoms with Gasteiger partial charge in [-0.3, -0.25) is 9.79 Å². The minimum atomic E-state index is -0.497. The average Bonchev–Trinajstić information content (AvgIpc) is 2.88. The van der Waals surface area contributed by atoms with Gasteiger partial charge in [-0.05, 0) is 46.3 Å². The lowest BCUT2D eigenvalue weighted by molar-refractivity contribution is -0.128. The number of aliphatic imine (C=N–C) groups is 1. The standard InChI is InChI=1S/C15H30N4OS.HI/c1-6-17-13(18-10-14(2,3)12(20)16-5)19-11-15(4)8-7-9-21-15;/h6-11H2,1-5H3,(H,16,20)(H2,17,18,19);1H. The highest BCUT2D eigenvalue weighted by atomic mass is 127. The third-order valence-electron chi connectivity index (χ3n) is 3.75. The van der Waals surface area contributed by atoms with Crippen LogP contribution in [0.3, 0.4) is 0 Å². The van der Waals surface area contributed by atoms with Gasteiger partial charge in [0.05, 0.1) is 12.0 Å². The Morgan fingerprint density at radius 3 is 2.55 bits per heavy atom. The minimum absolute atomic E-state index is 0. The zero-order chi connectivity index (χ0) is 15.9. The Hall–Kier alpha value is -0.180. The number of thioether (sulfide) groups is 1. The van der Waals surface area contributed by atoms with E-state index in [9.17, 15) is 4.79 Å². The van der Waals surface area contributed by atoms with Crippen molar-refractivity contribution in [2.24, 2.45) is 10.4 Å². The number of carbonyl (C=O) groups excluding carboxylic acids is 1. The Bertz CT molecular complexity index is 382. The van der Waals surface area contributed by atoms with Crippen LogP contribution in [0.4, 0.5) is 0 Å². The topological polar surface area (TPSA) is 65.5 Å². The summed E-state index contributed by atoms with van der Waals surface area (Å²) in [7, 11) is 1.66. The van der Waals surface area contributed by atoms with Crippen molar-refractivity contribution in [2.75, 3.05) is 32.4 Å². The highest BCUT2D eigenvalue weighted by molar-refractivity contribution is 14.0. The summed E-state index contributed by atoms with van der Waals surface area (Å²) < 4.78 is 0.298. The largest absolute Gasteiger partial charge is 0.359 e. The number of halogens is 1. The van der Waals surface area contributed by atoms with E-state index < -0.39 is 5.41 Å². The van der Waals surface area contributed by atoms with E-state index >= 15 is 0 Å². The van der Waals surface area contributed by atoms with Gasteiger partial charge in [-0.15, -0.1) is 24.0 Å². The van der Waals surface area contributed by atoms with Crippen LogP contribution in [-0.4, -0.2) is 49.0 Å². The lowest BCUT2D eigenvalue weighted by Crippen LogP contribution is -2.45. The van der Waals surface area contributed by atoms with Gasteiger partial charge < -0.3 is 16.0 Å². The number of guanidine groups is 1. The van der Waals surface area contributed by atoms with Crippen LogP contribution in [0.1, 0.15) is 40.5 Å². The smallest absolute Gasteiger partial charge is 0.227 e. The van der Waals surface area contributed by atoms with Crippen LogP contribution in [0.15, 0.2) is 4.99 Å². The van der Waals surface area contributed by atoms with Gasteiger partial charge in [0.2, 0.25) is 5.91 Å². The predicted octanol–water partition coefficient (Wildman–Crippen LogP) is 2.22. The summed E-state index contributed by atoms with van der Waals surface area (Å²) in [5.41, 5.74) is -0.497. The number of amides is 1. The molecule has 22 heavy (non-hydrogen) atoms. The Labute approximate surface area is 156 Å². The molecule has 1 unspecified atom stereocenters. The van der Waals surface area contributed by atoms with Gasteiger partial charge in [0, 0.05) is 24.9 Å². The Morgan fingerprint density at radius 2 is 2.05 bits per heavy atom. The average molecular weight is 442 g/mol. The van der Waals surface area contributed by atoms with E-state index in [0.717, 1.165) is 19.0 Å². The van der Waals surface area contributed by atoms with E-state index in [1.165, 1.54) is 18.6 Å². The maximum atomic E-state index is 11.8. The highest BCUT2D eigenvalue weighted by Crippen LogP contribution is 2.36. The van der Waals surface area contributed by atoms with Gasteiger partial charge >= 0.3 is 0 Å². The zero-order valence-corrected chi connectivity index (χ0v) is 17.6. The maximum Gasteiger partial charge on any atom is 0.227 e. The van der Waals surface area contributed by atoms with Crippen LogP contribution in [0.5, 0.6) is 0 Å². The van der Waals surface area contributed by atoms with E-state index in [2.05, 4.69) is 27.9 Å². The molecule has 5 nitrogen and oxygen atoms in total. The number of nitrogens with zero attached hydrogens (tertiary/aromatic N) is 1. The molecule has 0 spiro atoms. The fourth-order valence-electron chi connectivity index (χ4n) is 2.28. The molecule has 0 aliphatic carbocycles. The monoisotopic (exact) mass is 442 g/mol. The summed E-state index contributed by atoms with van der Waals surface area (Å²) in [6, 6.07) is 0. The third kappa shape index (κ3) is 6.93. The lowest BCUT2D eigenvalue weighted by atomic mass is 9.93. The number of hydrogen-bond acceptors (Lipinski definition) is 3. The number of rotatable bonds is 6. The molecule has 0 bridgehead atoms. The molecule has 130 valence electrons. The summed E-state index contributed by atoms with van der Waals surface area (Å²) in [5.74, 6) is 2.05. The molecule has 0 aromatic heterocycles. The number of carbonyl (C=O) groups is 1. The summed E-state index contributed by atoms with van der Waals surface area (Å²) in [5, 5.41) is 9.36. The van der Waals surface area contributed by atoms with Gasteiger partial charge in [0.15, 0.2) is 5.96 Å². The van der Waals surface area contributed by atoms with Crippen LogP contribution in [0.2, 0.25) is 0 Å². The third-order valence-corrected chi connectivity index (χ3v) is 5.29. The minimum Gasteiger partial charge on any atom is -0.359 e. The molecule has 1 aliphatic rings. The lowest BCUT2D eigenvalue weighted by Gasteiger charge is -2.25. The molecular formula is C15H31IN4OS. The van der Waals surface area contributed by atoms with E-state index in [1.54, 1.807) is 7.05 Å². The van der Waals surface area contributed by atoms with E-state index in [0.29, 0.717) is 11.3 Å². The molecule has 1 amide bonds. The van der Waals surface area contributed by atoms with Crippen LogP contribution < -0.4 is 16.0 Å². The molecule has 0 radical (unpaired) electrons. The van der Waals surface area contributed by atoms with E-state index in [-0.39, 0.29) is 29.9 Å². The van der Waals surface area contributed by atoms with Gasteiger partial charge in [-0.25, -0.2) is 0 Å². The second-order valence-corrected chi connectivity index (χ2v) is 8.10. The molecule has 3 N–H and O–H groups in total. The summed E-state index contributed by atoms with van der Waals surface area (Å²) in [6.45, 7) is 10.4. The maximum absolute atomic E-state index is 11.8. The Balaban J connectivity index is 0.00000441. The first kappa shape index (κ1) is 21.8. The van der Waals surface area contributed by atoms with Crippen molar-refractivity contribution < 1.29 is 4.79 Å². The molecular weight excluding hydrogens is 411 g/mol. The molecule has 1 rings (SSSR count). The number of hydrogen-bond donors (Lipinski definition) is 3. The Morgan fingerprint density at radius 1 is 1.36 bits per heavy atom. The molecule has 1 fully saturated rings. The first-order chi connectivity index (χ1) is 9.83. The highest BCUT2D eigenvalue weighted by Gasteiger charge is 2.30. The fourth-order valence-corrected chi connectivity index (χ4v) is 3.52. The second-order valence-electron chi connectivity index (χ2n) is 6.41. The van der Waals surface area contributed by atoms with Crippen molar-refractivity contribution in [1.82, 2.24) is 16.0 Å². The first-order valence-electron chi connectivity index (χ1n) is 7.71. The second kappa shape index (κ2) is 9.85.